The standard InChI is InChI=1S/C25H20N3O4/c1-24(2)25(3,4)28(29)23(26-24)13-11-18-22-19(12-13)32-17-10-6-8-15-21(17)27(22)20-14(30-15)7-5-9-16(20)31-18/h5-12H,1-4H3/q+1. The molecule has 3 aromatic rings. The Kier molecular flexibility index (Phi) is 3.07. The van der Waals surface area contributed by atoms with Gasteiger partial charge in [0.05, 0.1) is 11.1 Å². The monoisotopic (exact) mass is 426 g/mol. The second-order valence-electron chi connectivity index (χ2n) is 9.52. The Morgan fingerprint density at radius 1 is 0.750 bits per heavy atom. The van der Waals surface area contributed by atoms with Crippen LogP contribution in [0.4, 0.5) is 17.1 Å². The van der Waals surface area contributed by atoms with Crippen molar-refractivity contribution in [2.75, 3.05) is 0 Å². The Morgan fingerprint density at radius 3 is 1.62 bits per heavy atom. The van der Waals surface area contributed by atoms with E-state index >= 15 is 0 Å². The first-order valence-corrected chi connectivity index (χ1v) is 10.6. The predicted molar refractivity (Wildman–Crippen MR) is 118 cm³/mol. The van der Waals surface area contributed by atoms with E-state index in [4.69, 9.17) is 19.2 Å². The zero-order valence-corrected chi connectivity index (χ0v) is 18.1. The van der Waals surface area contributed by atoms with Crippen molar-refractivity contribution in [2.24, 2.45) is 4.99 Å². The van der Waals surface area contributed by atoms with Gasteiger partial charge in [0.2, 0.25) is 0 Å². The molecular weight excluding hydrogens is 406 g/mol. The molecule has 0 saturated heterocycles. The second-order valence-corrected chi connectivity index (χ2v) is 9.52. The lowest BCUT2D eigenvalue weighted by atomic mass is 9.84. The van der Waals surface area contributed by atoms with Crippen molar-refractivity contribution < 1.29 is 19.4 Å². The molecule has 0 amide bonds. The molecular formula is C25H20N3O4+. The third-order valence-corrected chi connectivity index (χ3v) is 7.14. The number of benzene rings is 3. The molecule has 0 spiro atoms. The summed E-state index contributed by atoms with van der Waals surface area (Å²) in [5.41, 5.74) is 1.95. The van der Waals surface area contributed by atoms with Crippen molar-refractivity contribution in [3.63, 3.8) is 0 Å². The molecule has 0 bridgehead atoms. The van der Waals surface area contributed by atoms with E-state index in [9.17, 15) is 5.21 Å². The van der Waals surface area contributed by atoms with Crippen molar-refractivity contribution in [1.29, 1.82) is 0 Å². The van der Waals surface area contributed by atoms with E-state index in [1.807, 2.05) is 76.2 Å². The van der Waals surface area contributed by atoms with Gasteiger partial charge in [0, 0.05) is 5.56 Å². The van der Waals surface area contributed by atoms with Crippen LogP contribution in [-0.4, -0.2) is 22.0 Å². The lowest BCUT2D eigenvalue weighted by molar-refractivity contribution is -0.158. The highest BCUT2D eigenvalue weighted by Gasteiger charge is 2.54. The van der Waals surface area contributed by atoms with Gasteiger partial charge in [-0.05, 0) is 69.0 Å². The fraction of sp³-hybridized carbons (Fsp3) is 0.240. The van der Waals surface area contributed by atoms with Crippen molar-refractivity contribution in [1.82, 2.24) is 9.96 Å². The quantitative estimate of drug-likeness (QED) is 0.285. The minimum absolute atomic E-state index is 0.382. The Morgan fingerprint density at radius 2 is 1.19 bits per heavy atom. The average molecular weight is 426 g/mol. The number of ether oxygens (including phenoxy) is 3. The molecule has 32 heavy (non-hydrogen) atoms. The van der Waals surface area contributed by atoms with Gasteiger partial charge in [-0.15, -0.1) is 0 Å². The summed E-state index contributed by atoms with van der Waals surface area (Å²) in [5.74, 6) is 4.44. The van der Waals surface area contributed by atoms with Crippen LogP contribution >= 0.6 is 0 Å². The van der Waals surface area contributed by atoms with Gasteiger partial charge in [0.1, 0.15) is 0 Å². The fourth-order valence-electron chi connectivity index (χ4n) is 4.69. The highest BCUT2D eigenvalue weighted by atomic mass is 16.5. The number of hydroxylamine groups is 2. The summed E-state index contributed by atoms with van der Waals surface area (Å²) in [6.45, 7) is 7.78. The number of para-hydroxylation sites is 2. The molecule has 7 rings (SSSR count). The number of hydrogen-bond acceptors (Lipinski definition) is 6. The summed E-state index contributed by atoms with van der Waals surface area (Å²) >= 11 is 0. The molecule has 0 atom stereocenters. The van der Waals surface area contributed by atoms with E-state index in [0.717, 1.165) is 33.6 Å². The molecule has 3 aromatic carbocycles. The largest absolute Gasteiger partial charge is 0.444 e. The first-order valence-electron chi connectivity index (χ1n) is 10.6. The summed E-state index contributed by atoms with van der Waals surface area (Å²) in [4.78, 5) is 6.92. The second kappa shape index (κ2) is 5.43. The van der Waals surface area contributed by atoms with E-state index in [1.165, 1.54) is 0 Å². The van der Waals surface area contributed by atoms with Crippen molar-refractivity contribution in [2.45, 2.75) is 38.8 Å². The summed E-state index contributed by atoms with van der Waals surface area (Å²) in [7, 11) is 0. The zero-order valence-electron chi connectivity index (χ0n) is 18.1. The Balaban J connectivity index is 1.48. The Bertz CT molecular complexity index is 1320. The van der Waals surface area contributed by atoms with Gasteiger partial charge in [-0.3, -0.25) is 4.99 Å². The highest BCUT2D eigenvalue weighted by molar-refractivity contribution is 6.03. The molecule has 7 heteroatoms. The minimum atomic E-state index is -0.676. The highest BCUT2D eigenvalue weighted by Crippen LogP contribution is 2.66. The molecule has 2 radical (unpaired) electrons. The summed E-state index contributed by atoms with van der Waals surface area (Å²) in [5, 5.41) is 14.2. The van der Waals surface area contributed by atoms with E-state index in [1.54, 1.807) is 0 Å². The Labute approximate surface area is 185 Å². The number of amidine groups is 1. The number of aliphatic imine (C=N–C) groups is 1. The van der Waals surface area contributed by atoms with Crippen LogP contribution in [0.2, 0.25) is 0 Å². The lowest BCUT2D eigenvalue weighted by Crippen LogP contribution is -2.50. The number of nitrogens with zero attached hydrogens (tertiary/aromatic N) is 3. The fourth-order valence-corrected chi connectivity index (χ4v) is 4.69. The predicted octanol–water partition coefficient (Wildman–Crippen LogP) is 6.40. The van der Waals surface area contributed by atoms with Crippen LogP contribution in [0.3, 0.4) is 0 Å². The summed E-state index contributed by atoms with van der Waals surface area (Å²) < 4.78 is 18.8. The molecule has 0 saturated carbocycles. The van der Waals surface area contributed by atoms with Crippen LogP contribution < -0.4 is 19.1 Å². The normalized spacial score (nSPS) is 20.0. The van der Waals surface area contributed by atoms with E-state index in [-0.39, 0.29) is 0 Å². The molecule has 4 aliphatic rings. The molecule has 0 aliphatic carbocycles. The molecule has 0 N–H and O–H groups in total. The van der Waals surface area contributed by atoms with Gasteiger partial charge >= 0.3 is 0 Å². The minimum Gasteiger partial charge on any atom is -0.444 e. The van der Waals surface area contributed by atoms with Crippen molar-refractivity contribution in [3.8, 4) is 34.5 Å². The maximum atomic E-state index is 13.2. The number of rotatable bonds is 1. The van der Waals surface area contributed by atoms with Crippen LogP contribution in [0.15, 0.2) is 53.5 Å². The van der Waals surface area contributed by atoms with E-state index in [0.29, 0.717) is 34.4 Å². The van der Waals surface area contributed by atoms with Gasteiger partial charge in [0.15, 0.2) is 40.3 Å². The maximum absolute atomic E-state index is 13.2. The maximum Gasteiger partial charge on any atom is 0.278 e. The molecule has 4 heterocycles. The zero-order chi connectivity index (χ0) is 22.0. The first kappa shape index (κ1) is 18.1. The van der Waals surface area contributed by atoms with Crippen LogP contribution in [0, 0.1) is 0 Å². The third-order valence-electron chi connectivity index (χ3n) is 7.14. The van der Waals surface area contributed by atoms with Gasteiger partial charge in [-0.1, -0.05) is 17.3 Å². The molecule has 158 valence electrons. The molecule has 0 unspecified atom stereocenters. The van der Waals surface area contributed by atoms with Crippen LogP contribution in [0.25, 0.3) is 0 Å². The van der Waals surface area contributed by atoms with Crippen molar-refractivity contribution in [3.05, 3.63) is 54.1 Å². The van der Waals surface area contributed by atoms with Crippen LogP contribution in [-0.2, 0) is 5.21 Å². The Hall–Kier alpha value is -3.55. The van der Waals surface area contributed by atoms with Crippen molar-refractivity contribution >= 4 is 22.9 Å². The summed E-state index contributed by atoms with van der Waals surface area (Å²) in [6, 6.07) is 15.3. The van der Waals surface area contributed by atoms with Gasteiger partial charge in [-0.2, -0.15) is 5.06 Å². The van der Waals surface area contributed by atoms with Gasteiger partial charge in [-0.25, -0.2) is 0 Å². The smallest absolute Gasteiger partial charge is 0.278 e. The number of anilines is 3. The topological polar surface area (TPSA) is 69.1 Å². The SMILES string of the molecule is CC1(C)N=C(c2cc3c4c(c2)Oc2cccc5c2[N+]4c2c(cccc2O3)O5)N([O])C1(C)C. The third kappa shape index (κ3) is 2.00. The van der Waals surface area contributed by atoms with Crippen LogP contribution in [0.5, 0.6) is 34.5 Å². The molecule has 0 aromatic heterocycles. The molecule has 4 aliphatic heterocycles. The van der Waals surface area contributed by atoms with Gasteiger partial charge in [0.25, 0.3) is 17.1 Å². The molecule has 7 nitrogen and oxygen atoms in total. The first-order chi connectivity index (χ1) is 15.3. The average Bonchev–Trinajstić information content (AvgIpc) is 2.92. The van der Waals surface area contributed by atoms with E-state index in [2.05, 4.69) is 4.90 Å². The molecule has 0 fully saturated rings. The van der Waals surface area contributed by atoms with Gasteiger partial charge < -0.3 is 14.2 Å². The van der Waals surface area contributed by atoms with Crippen LogP contribution in [0.1, 0.15) is 33.3 Å². The summed E-state index contributed by atoms with van der Waals surface area (Å²) in [6.07, 6.45) is 0. The lowest BCUT2D eigenvalue weighted by Gasteiger charge is -2.35. The van der Waals surface area contributed by atoms with E-state index < -0.39 is 11.1 Å². The number of hydrogen-bond donors (Lipinski definition) is 0.